The highest BCUT2D eigenvalue weighted by Crippen LogP contribution is 2.47. The first kappa shape index (κ1) is 19.9. The third kappa shape index (κ3) is 2.96. The van der Waals surface area contributed by atoms with Gasteiger partial charge < -0.3 is 5.11 Å². The number of benzene rings is 3. The third-order valence-electron chi connectivity index (χ3n) is 5.96. The number of rotatable bonds is 4. The van der Waals surface area contributed by atoms with E-state index in [2.05, 4.69) is 15.6 Å². The van der Waals surface area contributed by atoms with E-state index in [9.17, 15) is 9.90 Å². The summed E-state index contributed by atoms with van der Waals surface area (Å²) >= 11 is 0. The number of aliphatic hydroxyl groups is 1. The summed E-state index contributed by atoms with van der Waals surface area (Å²) in [7, 11) is 0. The molecular weight excluding hydrogens is 400 g/mol. The summed E-state index contributed by atoms with van der Waals surface area (Å²) in [5, 5.41) is 20.3. The number of carbonyl (C=O) groups is 1. The van der Waals surface area contributed by atoms with Crippen molar-refractivity contribution in [2.75, 3.05) is 0 Å². The molecule has 0 fully saturated rings. The van der Waals surface area contributed by atoms with Gasteiger partial charge in [0.15, 0.2) is 5.60 Å². The first-order valence-corrected chi connectivity index (χ1v) is 10.4. The topological polar surface area (TPSA) is 79.5 Å². The van der Waals surface area contributed by atoms with Gasteiger partial charge in [-0.15, -0.1) is 0 Å². The fraction of sp³-hybridized carbons (Fsp3) is 0.115. The Morgan fingerprint density at radius 2 is 1.50 bits per heavy atom. The number of hydrazone groups is 1. The molecule has 1 amide bonds. The molecule has 1 aliphatic rings. The number of fused-ring (bicyclic) bond motifs is 3. The maximum Gasteiger partial charge on any atom is 0.281 e. The summed E-state index contributed by atoms with van der Waals surface area (Å²) in [5.41, 5.74) is 7.00. The summed E-state index contributed by atoms with van der Waals surface area (Å²) in [6.07, 6.45) is 1.57. The zero-order valence-electron chi connectivity index (χ0n) is 17.8. The van der Waals surface area contributed by atoms with Crippen molar-refractivity contribution in [3.63, 3.8) is 0 Å². The van der Waals surface area contributed by atoms with E-state index < -0.39 is 11.5 Å². The van der Waals surface area contributed by atoms with Gasteiger partial charge in [-0.3, -0.25) is 4.79 Å². The van der Waals surface area contributed by atoms with Gasteiger partial charge in [0.1, 0.15) is 0 Å². The minimum Gasteiger partial charge on any atom is -0.372 e. The summed E-state index contributed by atoms with van der Waals surface area (Å²) < 4.78 is 1.84. The molecule has 6 heteroatoms. The monoisotopic (exact) mass is 422 g/mol. The van der Waals surface area contributed by atoms with Crippen LogP contribution in [-0.2, 0) is 10.4 Å². The second-order valence-corrected chi connectivity index (χ2v) is 7.83. The fourth-order valence-corrected chi connectivity index (χ4v) is 4.36. The average Bonchev–Trinajstić information content (AvgIpc) is 3.27. The molecular formula is C26H22N4O2. The lowest BCUT2D eigenvalue weighted by molar-refractivity contribution is -0.136. The van der Waals surface area contributed by atoms with Crippen molar-refractivity contribution in [2.24, 2.45) is 5.10 Å². The summed E-state index contributed by atoms with van der Waals surface area (Å²) in [5.74, 6) is -0.600. The van der Waals surface area contributed by atoms with Crippen LogP contribution in [0, 0.1) is 13.8 Å². The van der Waals surface area contributed by atoms with E-state index >= 15 is 0 Å². The molecule has 1 aliphatic carbocycles. The van der Waals surface area contributed by atoms with E-state index in [1.807, 2.05) is 85.3 Å². The maximum absolute atomic E-state index is 13.2. The minimum absolute atomic E-state index is 0.554. The van der Waals surface area contributed by atoms with Crippen molar-refractivity contribution < 1.29 is 9.90 Å². The molecule has 0 bridgehead atoms. The van der Waals surface area contributed by atoms with Crippen molar-refractivity contribution >= 4 is 12.1 Å². The molecule has 0 unspecified atom stereocenters. The second-order valence-electron chi connectivity index (χ2n) is 7.83. The van der Waals surface area contributed by atoms with Crippen LogP contribution in [0.1, 0.15) is 28.1 Å². The molecule has 0 atom stereocenters. The highest BCUT2D eigenvalue weighted by molar-refractivity contribution is 5.99. The number of para-hydroxylation sites is 1. The molecule has 158 valence electrons. The molecule has 0 saturated heterocycles. The Morgan fingerprint density at radius 1 is 0.938 bits per heavy atom. The van der Waals surface area contributed by atoms with E-state index in [1.165, 1.54) is 0 Å². The van der Waals surface area contributed by atoms with E-state index in [1.54, 1.807) is 18.3 Å². The van der Waals surface area contributed by atoms with Crippen LogP contribution in [0.4, 0.5) is 0 Å². The highest BCUT2D eigenvalue weighted by Gasteiger charge is 2.47. The van der Waals surface area contributed by atoms with Gasteiger partial charge in [-0.05, 0) is 37.1 Å². The zero-order valence-corrected chi connectivity index (χ0v) is 17.8. The van der Waals surface area contributed by atoms with Gasteiger partial charge in [0.25, 0.3) is 5.91 Å². The lowest BCUT2D eigenvalue weighted by Gasteiger charge is -2.23. The first-order chi connectivity index (χ1) is 15.5. The SMILES string of the molecule is Cc1nn(-c2ccccc2)c(C)c1/C=N/NC(=O)C1(O)c2ccccc2-c2ccccc21. The number of aryl methyl sites for hydroxylation is 1. The molecule has 32 heavy (non-hydrogen) atoms. The lowest BCUT2D eigenvalue weighted by Crippen LogP contribution is -2.42. The van der Waals surface area contributed by atoms with Crippen molar-refractivity contribution in [2.45, 2.75) is 19.4 Å². The van der Waals surface area contributed by atoms with E-state index in [-0.39, 0.29) is 0 Å². The Kier molecular flexibility index (Phi) is 4.72. The molecule has 0 radical (unpaired) electrons. The number of hydrogen-bond donors (Lipinski definition) is 2. The van der Waals surface area contributed by atoms with Gasteiger partial charge in [0.05, 0.1) is 23.3 Å². The molecule has 3 aromatic carbocycles. The molecule has 0 saturated carbocycles. The van der Waals surface area contributed by atoms with Crippen LogP contribution in [0.25, 0.3) is 16.8 Å². The van der Waals surface area contributed by atoms with Crippen molar-refractivity contribution in [3.8, 4) is 16.8 Å². The van der Waals surface area contributed by atoms with Gasteiger partial charge in [-0.1, -0.05) is 66.7 Å². The van der Waals surface area contributed by atoms with Crippen LogP contribution in [-0.4, -0.2) is 27.0 Å². The van der Waals surface area contributed by atoms with Crippen LogP contribution in [0.2, 0.25) is 0 Å². The molecule has 0 spiro atoms. The Labute approximate surface area is 185 Å². The number of hydrogen-bond acceptors (Lipinski definition) is 4. The molecule has 1 heterocycles. The summed E-state index contributed by atoms with van der Waals surface area (Å²) in [6, 6.07) is 24.6. The highest BCUT2D eigenvalue weighted by atomic mass is 16.3. The Balaban J connectivity index is 1.44. The second kappa shape index (κ2) is 7.59. The van der Waals surface area contributed by atoms with Gasteiger partial charge in [0, 0.05) is 16.7 Å². The number of aromatic nitrogens is 2. The quantitative estimate of drug-likeness (QED) is 0.387. The van der Waals surface area contributed by atoms with Crippen molar-refractivity contribution in [3.05, 3.63) is 107 Å². The largest absolute Gasteiger partial charge is 0.372 e. The molecule has 6 nitrogen and oxygen atoms in total. The van der Waals surface area contributed by atoms with Crippen LogP contribution >= 0.6 is 0 Å². The van der Waals surface area contributed by atoms with Gasteiger partial charge in [-0.25, -0.2) is 10.1 Å². The Bertz CT molecular complexity index is 1310. The predicted molar refractivity (Wildman–Crippen MR) is 124 cm³/mol. The van der Waals surface area contributed by atoms with E-state index in [0.717, 1.165) is 33.8 Å². The van der Waals surface area contributed by atoms with E-state index in [4.69, 9.17) is 0 Å². The van der Waals surface area contributed by atoms with Gasteiger partial charge >= 0.3 is 0 Å². The smallest absolute Gasteiger partial charge is 0.281 e. The van der Waals surface area contributed by atoms with Crippen LogP contribution in [0.3, 0.4) is 0 Å². The van der Waals surface area contributed by atoms with E-state index in [0.29, 0.717) is 11.1 Å². The molecule has 2 N–H and O–H groups in total. The standard InChI is InChI=1S/C26H22N4O2/c1-17-22(18(2)30(29-17)19-10-4-3-5-11-19)16-27-28-25(31)26(32)23-14-8-6-12-20(23)21-13-7-9-15-24(21)26/h3-16,32H,1-2H3,(H,28,31)/b27-16+. The number of amides is 1. The van der Waals surface area contributed by atoms with Crippen LogP contribution < -0.4 is 5.43 Å². The van der Waals surface area contributed by atoms with Crippen molar-refractivity contribution in [1.82, 2.24) is 15.2 Å². The fourth-order valence-electron chi connectivity index (χ4n) is 4.36. The number of nitrogens with one attached hydrogen (secondary N) is 1. The zero-order chi connectivity index (χ0) is 22.3. The number of carbonyl (C=O) groups excluding carboxylic acids is 1. The average molecular weight is 422 g/mol. The van der Waals surface area contributed by atoms with Gasteiger partial charge in [0.2, 0.25) is 0 Å². The summed E-state index contributed by atoms with van der Waals surface area (Å²) in [6.45, 7) is 3.85. The van der Waals surface area contributed by atoms with Gasteiger partial charge in [-0.2, -0.15) is 10.2 Å². The minimum atomic E-state index is -1.80. The molecule has 5 rings (SSSR count). The van der Waals surface area contributed by atoms with Crippen molar-refractivity contribution in [1.29, 1.82) is 0 Å². The first-order valence-electron chi connectivity index (χ1n) is 10.4. The molecule has 1 aromatic heterocycles. The molecule has 0 aliphatic heterocycles. The summed E-state index contributed by atoms with van der Waals surface area (Å²) in [4.78, 5) is 13.2. The normalized spacial score (nSPS) is 13.7. The predicted octanol–water partition coefficient (Wildman–Crippen LogP) is 3.86. The third-order valence-corrected chi connectivity index (χ3v) is 5.96. The van der Waals surface area contributed by atoms with Crippen LogP contribution in [0.5, 0.6) is 0 Å². The maximum atomic E-state index is 13.2. The Morgan fingerprint density at radius 3 is 2.12 bits per heavy atom. The lowest BCUT2D eigenvalue weighted by atomic mass is 9.91. The molecule has 4 aromatic rings. The Hall–Kier alpha value is -4.03. The number of nitrogens with zero attached hydrogens (tertiary/aromatic N) is 3. The van der Waals surface area contributed by atoms with Crippen LogP contribution in [0.15, 0.2) is 84.0 Å².